The zero-order valence-electron chi connectivity index (χ0n) is 14.0. The van der Waals surface area contributed by atoms with Gasteiger partial charge in [0.2, 0.25) is 5.91 Å². The van der Waals surface area contributed by atoms with Crippen molar-refractivity contribution in [3.8, 4) is 0 Å². The van der Waals surface area contributed by atoms with Crippen molar-refractivity contribution in [2.24, 2.45) is 5.73 Å². The summed E-state index contributed by atoms with van der Waals surface area (Å²) in [6.07, 6.45) is 0. The average molecular weight is 462 g/mol. The Morgan fingerprint density at radius 3 is 1.96 bits per heavy atom. The van der Waals surface area contributed by atoms with Gasteiger partial charge in [-0.25, -0.2) is 8.42 Å². The second kappa shape index (κ2) is 8.31. The number of amides is 1. The molecule has 0 atom stereocenters. The van der Waals surface area contributed by atoms with Crippen LogP contribution in [0.1, 0.15) is 0 Å². The molecule has 0 saturated carbocycles. The Labute approximate surface area is 181 Å². The maximum absolute atomic E-state index is 11.7. The van der Waals surface area contributed by atoms with Crippen molar-refractivity contribution in [3.63, 3.8) is 0 Å². The number of rotatable bonds is 5. The van der Waals surface area contributed by atoms with Crippen LogP contribution in [0.2, 0.25) is 0 Å². The fraction of sp³-hybridized carbons (Fsp3) is 0.0833. The molecule has 16 heteroatoms. The van der Waals surface area contributed by atoms with Gasteiger partial charge in [0.15, 0.2) is 0 Å². The number of benzene rings is 2. The minimum absolute atomic E-state index is 0. The van der Waals surface area contributed by atoms with Gasteiger partial charge < -0.3 is 15.6 Å². The third-order valence-corrected chi connectivity index (χ3v) is 5.92. The van der Waals surface area contributed by atoms with Gasteiger partial charge in [0.25, 0.3) is 20.2 Å². The summed E-state index contributed by atoms with van der Waals surface area (Å²) in [6, 6.07) is 2.41. The molecule has 2 rings (SSSR count). The van der Waals surface area contributed by atoms with Crippen LogP contribution in [0.25, 0.3) is 10.8 Å². The molecule has 0 saturated heterocycles. The normalized spacial score (nSPS) is 12.4. The first-order valence-electron chi connectivity index (χ1n) is 6.68. The third kappa shape index (κ3) is 5.26. The number of carbonyl (C=O) groups excluding carboxylic acids is 1. The minimum atomic E-state index is -5.29. The zero-order valence-corrected chi connectivity index (χ0v) is 18.4. The van der Waals surface area contributed by atoms with E-state index in [0.29, 0.717) is 12.1 Å². The fourth-order valence-electron chi connectivity index (χ4n) is 2.27. The van der Waals surface area contributed by atoms with Crippen LogP contribution in [0.4, 0.5) is 5.69 Å². The smallest absolute Gasteiger partial charge is 0.744 e. The number of fused-ring (bicyclic) bond motifs is 1. The van der Waals surface area contributed by atoms with Gasteiger partial charge in [-0.15, -0.1) is 0 Å². The van der Waals surface area contributed by atoms with E-state index in [4.69, 9.17) is 5.73 Å². The van der Waals surface area contributed by atoms with Crippen LogP contribution >= 0.6 is 0 Å². The molecule has 0 heterocycles. The average Bonchev–Trinajstić information content (AvgIpc) is 2.50. The number of hydrogen-bond acceptors (Lipinski definition) is 9. The molecular weight excluding hydrogens is 451 g/mol. The van der Waals surface area contributed by atoms with E-state index in [-0.39, 0.29) is 35.2 Å². The van der Waals surface area contributed by atoms with Gasteiger partial charge in [0.1, 0.15) is 19.9 Å². The molecule has 0 spiro atoms. The Kier molecular flexibility index (Phi) is 7.39. The Hall–Kier alpha value is -1.14. The summed E-state index contributed by atoms with van der Waals surface area (Å²) >= 11 is 0. The fourth-order valence-corrected chi connectivity index (χ4v) is 4.30. The van der Waals surface area contributed by atoms with Crippen LogP contribution in [-0.4, -0.2) is 51.4 Å². The molecule has 0 unspecified atom stereocenters. The quantitative estimate of drug-likeness (QED) is 0.249. The summed E-state index contributed by atoms with van der Waals surface area (Å²) in [5.41, 5.74) is 4.77. The Morgan fingerprint density at radius 2 is 1.54 bits per heavy atom. The van der Waals surface area contributed by atoms with Crippen LogP contribution in [0, 0.1) is 0 Å². The molecule has 0 aliphatic rings. The summed E-state index contributed by atoms with van der Waals surface area (Å²) in [5, 5.41) is 0.750. The molecule has 0 aliphatic carbocycles. The van der Waals surface area contributed by atoms with Crippen molar-refractivity contribution in [1.29, 1.82) is 0 Å². The van der Waals surface area contributed by atoms with Gasteiger partial charge in [-0.1, -0.05) is 0 Å². The predicted octanol–water partition coefficient (Wildman–Crippen LogP) is -3.86. The number of anilines is 1. The van der Waals surface area contributed by atoms with E-state index >= 15 is 0 Å². The van der Waals surface area contributed by atoms with Crippen molar-refractivity contribution in [2.45, 2.75) is 14.7 Å². The van der Waals surface area contributed by atoms with E-state index in [1.165, 1.54) is 0 Å². The first kappa shape index (κ1) is 24.9. The van der Waals surface area contributed by atoms with Crippen LogP contribution in [0.5, 0.6) is 0 Å². The van der Waals surface area contributed by atoms with E-state index in [9.17, 15) is 43.7 Å². The van der Waals surface area contributed by atoms with Gasteiger partial charge in [-0.2, -0.15) is 16.8 Å². The maximum atomic E-state index is 11.7. The number of carbonyl (C=O) groups is 1. The van der Waals surface area contributed by atoms with E-state index in [1.807, 2.05) is 0 Å². The van der Waals surface area contributed by atoms with E-state index in [2.05, 4.69) is 5.32 Å². The third-order valence-electron chi connectivity index (χ3n) is 3.32. The summed E-state index contributed by atoms with van der Waals surface area (Å²) in [4.78, 5) is 8.21. The van der Waals surface area contributed by atoms with E-state index in [1.54, 1.807) is 0 Å². The number of hydrogen-bond donors (Lipinski definition) is 4. The minimum Gasteiger partial charge on any atom is -0.744 e. The van der Waals surface area contributed by atoms with Gasteiger partial charge >= 0.3 is 29.6 Å². The van der Waals surface area contributed by atoms with Gasteiger partial charge in [-0.05, 0) is 24.3 Å². The molecule has 0 aromatic heterocycles. The zero-order chi connectivity index (χ0) is 20.8. The van der Waals surface area contributed by atoms with Gasteiger partial charge in [-0.3, -0.25) is 13.9 Å². The number of nitrogens with two attached hydrogens (primary N) is 1. The van der Waals surface area contributed by atoms with Crippen molar-refractivity contribution in [1.82, 2.24) is 0 Å². The maximum Gasteiger partial charge on any atom is 1.00 e. The Morgan fingerprint density at radius 1 is 1.00 bits per heavy atom. The van der Waals surface area contributed by atoms with Gasteiger partial charge in [0.05, 0.1) is 17.1 Å². The van der Waals surface area contributed by atoms with Crippen LogP contribution in [-0.2, 0) is 35.1 Å². The van der Waals surface area contributed by atoms with Gasteiger partial charge in [0, 0.05) is 10.8 Å². The first-order valence-corrected chi connectivity index (χ1v) is 11.0. The monoisotopic (exact) mass is 462 g/mol. The molecule has 0 aliphatic heterocycles. The Balaban J connectivity index is 0.00000392. The van der Waals surface area contributed by atoms with Crippen molar-refractivity contribution in [2.75, 3.05) is 11.9 Å². The molecule has 2 aromatic rings. The molecular formula is C12H11N2NaO10S3. The molecule has 0 fully saturated rings. The Bertz CT molecular complexity index is 1270. The van der Waals surface area contributed by atoms with Crippen LogP contribution in [0.15, 0.2) is 39.0 Å². The molecule has 28 heavy (non-hydrogen) atoms. The molecule has 12 nitrogen and oxygen atoms in total. The largest absolute Gasteiger partial charge is 1.00 e. The second-order valence-electron chi connectivity index (χ2n) is 5.11. The molecule has 5 N–H and O–H groups in total. The first-order chi connectivity index (χ1) is 12.2. The summed E-state index contributed by atoms with van der Waals surface area (Å²) in [5.74, 6) is -0.835. The SMILES string of the molecule is NCC(=O)Nc1ccc(S(=O)(=O)O)c2cc(S(=O)(=O)[O-])cc(S(=O)(=O)O)c12.[Na+]. The van der Waals surface area contributed by atoms with Crippen molar-refractivity contribution < 1.29 is 73.3 Å². The summed E-state index contributed by atoms with van der Waals surface area (Å²) in [7, 11) is -15.5. The second-order valence-corrected chi connectivity index (χ2v) is 9.27. The van der Waals surface area contributed by atoms with E-state index < -0.39 is 68.3 Å². The van der Waals surface area contributed by atoms with Crippen molar-refractivity contribution >= 4 is 52.7 Å². The predicted molar refractivity (Wildman–Crippen MR) is 89.2 cm³/mol. The van der Waals surface area contributed by atoms with E-state index in [0.717, 1.165) is 12.1 Å². The van der Waals surface area contributed by atoms with Crippen molar-refractivity contribution in [3.05, 3.63) is 24.3 Å². The summed E-state index contributed by atoms with van der Waals surface area (Å²) in [6.45, 7) is -0.546. The summed E-state index contributed by atoms with van der Waals surface area (Å²) < 4.78 is 99.2. The molecule has 1 amide bonds. The van der Waals surface area contributed by atoms with Crippen LogP contribution in [0.3, 0.4) is 0 Å². The number of nitrogens with one attached hydrogen (secondary N) is 1. The molecule has 0 radical (unpaired) electrons. The molecule has 148 valence electrons. The standard InChI is InChI=1S/C12H12N2O10S3.Na/c13-5-11(15)14-8-1-2-9(26(19,20)21)7-3-6(25(16,17)18)4-10(12(7)8)27(22,23)24;/h1-4H,5,13H2,(H,14,15)(H,16,17,18)(H,19,20,21)(H,22,23,24);/q;+1/p-1. The van der Waals surface area contributed by atoms with Crippen LogP contribution < -0.4 is 40.6 Å². The molecule has 2 aromatic carbocycles. The molecule has 0 bridgehead atoms. The topological polar surface area (TPSA) is 221 Å².